The van der Waals surface area contributed by atoms with Crippen molar-refractivity contribution in [1.82, 2.24) is 4.90 Å². The molecule has 0 bridgehead atoms. The molecule has 26 heavy (non-hydrogen) atoms. The highest BCUT2D eigenvalue weighted by atomic mass is 16.6. The van der Waals surface area contributed by atoms with Crippen molar-refractivity contribution in [2.75, 3.05) is 6.54 Å². The van der Waals surface area contributed by atoms with Crippen molar-refractivity contribution in [3.05, 3.63) is 71.3 Å². The van der Waals surface area contributed by atoms with Crippen LogP contribution in [0, 0.1) is 6.92 Å². The average molecular weight is 355 g/mol. The van der Waals surface area contributed by atoms with E-state index >= 15 is 0 Å². The number of carbonyl (C=O) groups excluding carboxylic acids is 1. The minimum atomic E-state index is -1.41. The van der Waals surface area contributed by atoms with Gasteiger partial charge in [0.25, 0.3) is 0 Å². The first-order chi connectivity index (χ1) is 12.4. The van der Waals surface area contributed by atoms with Crippen LogP contribution >= 0.6 is 0 Å². The summed E-state index contributed by atoms with van der Waals surface area (Å²) in [7, 11) is 0. The minimum absolute atomic E-state index is 0.0471. The van der Waals surface area contributed by atoms with Crippen molar-refractivity contribution >= 4 is 12.1 Å². The molecule has 2 aromatic carbocycles. The first kappa shape index (κ1) is 17.9. The summed E-state index contributed by atoms with van der Waals surface area (Å²) in [6, 6.07) is 15.2. The van der Waals surface area contributed by atoms with Crippen LogP contribution in [0.15, 0.2) is 54.6 Å². The van der Waals surface area contributed by atoms with Crippen molar-refractivity contribution in [3.63, 3.8) is 0 Å². The Morgan fingerprint density at radius 3 is 2.42 bits per heavy atom. The lowest BCUT2D eigenvalue weighted by atomic mass is 9.90. The number of ether oxygens (including phenoxy) is 1. The topological polar surface area (TPSA) is 87.1 Å². The van der Waals surface area contributed by atoms with E-state index in [1.54, 1.807) is 12.1 Å². The summed E-state index contributed by atoms with van der Waals surface area (Å²) >= 11 is 0. The highest BCUT2D eigenvalue weighted by Gasteiger charge is 2.49. The maximum absolute atomic E-state index is 12.4. The molecule has 2 aromatic rings. The number of carboxylic acids is 1. The Hall–Kier alpha value is -2.86. The molecule has 136 valence electrons. The largest absolute Gasteiger partial charge is 0.480 e. The number of benzene rings is 2. The molecule has 1 heterocycles. The monoisotopic (exact) mass is 355 g/mol. The molecule has 0 aliphatic carbocycles. The van der Waals surface area contributed by atoms with Crippen LogP contribution in [0.4, 0.5) is 4.79 Å². The summed E-state index contributed by atoms with van der Waals surface area (Å²) in [6.45, 7) is 1.85. The number of likely N-dealkylation sites (tertiary alicyclic amines) is 1. The predicted molar refractivity (Wildman–Crippen MR) is 94.4 cm³/mol. The molecule has 6 heteroatoms. The Morgan fingerprint density at radius 1 is 1.15 bits per heavy atom. The van der Waals surface area contributed by atoms with Crippen molar-refractivity contribution in [2.24, 2.45) is 0 Å². The fourth-order valence-corrected chi connectivity index (χ4v) is 3.17. The van der Waals surface area contributed by atoms with Gasteiger partial charge in [-0.15, -0.1) is 0 Å². The summed E-state index contributed by atoms with van der Waals surface area (Å²) in [5.41, 5.74) is 1.01. The van der Waals surface area contributed by atoms with Crippen LogP contribution in [0.1, 0.15) is 23.1 Å². The number of amides is 1. The molecule has 0 saturated carbocycles. The Labute approximate surface area is 151 Å². The lowest BCUT2D eigenvalue weighted by Gasteiger charge is -2.24. The van der Waals surface area contributed by atoms with Crippen molar-refractivity contribution in [3.8, 4) is 0 Å². The molecule has 1 saturated heterocycles. The molecule has 1 unspecified atom stereocenters. The average Bonchev–Trinajstić information content (AvgIpc) is 3.00. The van der Waals surface area contributed by atoms with E-state index in [4.69, 9.17) is 4.74 Å². The lowest BCUT2D eigenvalue weighted by Crippen LogP contribution is -2.41. The van der Waals surface area contributed by atoms with Crippen LogP contribution in [0.5, 0.6) is 0 Å². The number of aryl methyl sites for hydroxylation is 1. The molecule has 2 atom stereocenters. The predicted octanol–water partition coefficient (Wildman–Crippen LogP) is 2.68. The fourth-order valence-electron chi connectivity index (χ4n) is 3.17. The number of aliphatic hydroxyl groups is 1. The van der Waals surface area contributed by atoms with Gasteiger partial charge in [-0.05, 0) is 18.1 Å². The second kappa shape index (κ2) is 7.17. The van der Waals surface area contributed by atoms with E-state index in [2.05, 4.69) is 0 Å². The summed E-state index contributed by atoms with van der Waals surface area (Å²) in [4.78, 5) is 25.1. The molecule has 1 amide bonds. The zero-order chi connectivity index (χ0) is 18.7. The van der Waals surface area contributed by atoms with Gasteiger partial charge in [0.15, 0.2) is 0 Å². The smallest absolute Gasteiger partial charge is 0.410 e. The highest BCUT2D eigenvalue weighted by Crippen LogP contribution is 2.36. The highest BCUT2D eigenvalue weighted by molar-refractivity contribution is 5.81. The van der Waals surface area contributed by atoms with Gasteiger partial charge in [-0.3, -0.25) is 4.90 Å². The van der Waals surface area contributed by atoms with Gasteiger partial charge in [0, 0.05) is 6.42 Å². The van der Waals surface area contributed by atoms with Gasteiger partial charge >= 0.3 is 12.1 Å². The third-order valence-corrected chi connectivity index (χ3v) is 4.65. The van der Waals surface area contributed by atoms with Gasteiger partial charge in [-0.25, -0.2) is 9.59 Å². The van der Waals surface area contributed by atoms with Crippen LogP contribution in [-0.4, -0.2) is 39.8 Å². The molecular weight excluding hydrogens is 334 g/mol. The maximum atomic E-state index is 12.4. The molecule has 2 N–H and O–H groups in total. The van der Waals surface area contributed by atoms with Crippen molar-refractivity contribution in [2.45, 2.75) is 31.6 Å². The number of aliphatic carboxylic acids is 1. The van der Waals surface area contributed by atoms with Gasteiger partial charge in [0.05, 0.1) is 6.54 Å². The molecule has 3 rings (SSSR count). The van der Waals surface area contributed by atoms with E-state index < -0.39 is 23.7 Å². The second-order valence-corrected chi connectivity index (χ2v) is 6.62. The number of carbonyl (C=O) groups is 2. The van der Waals surface area contributed by atoms with Crippen LogP contribution in [0.2, 0.25) is 0 Å². The number of rotatable bonds is 4. The molecule has 0 spiro atoms. The molecule has 0 radical (unpaired) electrons. The van der Waals surface area contributed by atoms with E-state index in [-0.39, 0.29) is 19.6 Å². The molecule has 1 aliphatic heterocycles. The molecule has 6 nitrogen and oxygen atoms in total. The van der Waals surface area contributed by atoms with Crippen LogP contribution in [-0.2, 0) is 21.7 Å². The molecule has 1 aliphatic rings. The summed E-state index contributed by atoms with van der Waals surface area (Å²) < 4.78 is 5.25. The zero-order valence-corrected chi connectivity index (χ0v) is 14.5. The SMILES string of the molecule is Cc1ccc(C2(O)C[C@@H](C(=O)O)N(C(=O)OCc3ccccc3)C2)cc1. The Bertz CT molecular complexity index is 790. The Kier molecular flexibility index (Phi) is 4.95. The third-order valence-electron chi connectivity index (χ3n) is 4.65. The van der Waals surface area contributed by atoms with E-state index in [1.807, 2.05) is 49.4 Å². The minimum Gasteiger partial charge on any atom is -0.480 e. The maximum Gasteiger partial charge on any atom is 0.410 e. The van der Waals surface area contributed by atoms with Crippen molar-refractivity contribution < 1.29 is 24.5 Å². The standard InChI is InChI=1S/C20H21NO5/c1-14-7-9-16(10-8-14)20(25)11-17(18(22)23)21(13-20)19(24)26-12-15-5-3-2-4-6-15/h2-10,17,25H,11-13H2,1H3,(H,22,23)/t17-,20?/m0/s1. The van der Waals surface area contributed by atoms with Crippen LogP contribution in [0.25, 0.3) is 0 Å². The lowest BCUT2D eigenvalue weighted by molar-refractivity contribution is -0.141. The molecular formula is C20H21NO5. The van der Waals surface area contributed by atoms with Gasteiger partial charge in [0.1, 0.15) is 18.2 Å². The molecule has 0 aromatic heterocycles. The van der Waals surface area contributed by atoms with Crippen molar-refractivity contribution in [1.29, 1.82) is 0 Å². The first-order valence-corrected chi connectivity index (χ1v) is 8.39. The third kappa shape index (κ3) is 3.70. The summed E-state index contributed by atoms with van der Waals surface area (Å²) in [5, 5.41) is 20.4. The number of hydrogen-bond acceptors (Lipinski definition) is 4. The Balaban J connectivity index is 1.75. The number of carboxylic acid groups (broad SMARTS) is 1. The van der Waals surface area contributed by atoms with Crippen LogP contribution < -0.4 is 0 Å². The Morgan fingerprint density at radius 2 is 1.81 bits per heavy atom. The van der Waals surface area contributed by atoms with Gasteiger partial charge in [0.2, 0.25) is 0 Å². The van der Waals surface area contributed by atoms with E-state index in [1.165, 1.54) is 0 Å². The number of nitrogens with zero attached hydrogens (tertiary/aromatic N) is 1. The number of hydrogen-bond donors (Lipinski definition) is 2. The van der Waals surface area contributed by atoms with Gasteiger partial charge in [-0.2, -0.15) is 0 Å². The zero-order valence-electron chi connectivity index (χ0n) is 14.5. The first-order valence-electron chi connectivity index (χ1n) is 8.39. The summed E-state index contributed by atoms with van der Waals surface area (Å²) in [6.07, 6.45) is -0.824. The van der Waals surface area contributed by atoms with E-state index in [9.17, 15) is 19.8 Å². The number of β-amino-alcohol motifs (C(OH)–C–C–N with tert-alkyl or cyclic N) is 1. The van der Waals surface area contributed by atoms with Gasteiger partial charge in [-0.1, -0.05) is 60.2 Å². The fraction of sp³-hybridized carbons (Fsp3) is 0.300. The summed E-state index contributed by atoms with van der Waals surface area (Å²) in [5.74, 6) is -1.16. The second-order valence-electron chi connectivity index (χ2n) is 6.62. The van der Waals surface area contributed by atoms with E-state index in [0.717, 1.165) is 16.0 Å². The van der Waals surface area contributed by atoms with Crippen LogP contribution in [0.3, 0.4) is 0 Å². The quantitative estimate of drug-likeness (QED) is 0.880. The normalized spacial score (nSPS) is 22.2. The van der Waals surface area contributed by atoms with Gasteiger partial charge < -0.3 is 14.9 Å². The van der Waals surface area contributed by atoms with E-state index in [0.29, 0.717) is 5.56 Å². The molecule has 1 fully saturated rings.